The Morgan fingerprint density at radius 3 is 2.37 bits per heavy atom. The molecule has 0 unspecified atom stereocenters. The van der Waals surface area contributed by atoms with Gasteiger partial charge in [-0.1, -0.05) is 71.1 Å². The van der Waals surface area contributed by atoms with Crippen molar-refractivity contribution >= 4 is 39.1 Å². The predicted molar refractivity (Wildman–Crippen MR) is 113 cm³/mol. The number of hydrogen-bond donors (Lipinski definition) is 0. The van der Waals surface area contributed by atoms with Crippen LogP contribution in [0, 0.1) is 5.92 Å². The SMILES string of the molecule is O=C(C[C@@H](c1ccc(Cl)cc1)[C@H]1CCCCCCC1=O)c1ccc(Br)cc1. The van der Waals surface area contributed by atoms with E-state index in [0.29, 0.717) is 29.2 Å². The van der Waals surface area contributed by atoms with Crippen LogP contribution >= 0.6 is 27.5 Å². The molecular formula is C23H24BrClO2. The van der Waals surface area contributed by atoms with Gasteiger partial charge in [0.1, 0.15) is 5.78 Å². The monoisotopic (exact) mass is 446 g/mol. The third-order valence-electron chi connectivity index (χ3n) is 5.46. The molecule has 0 spiro atoms. The molecule has 1 aliphatic carbocycles. The molecule has 0 aromatic heterocycles. The van der Waals surface area contributed by atoms with Gasteiger partial charge in [0.25, 0.3) is 0 Å². The number of ketones is 2. The van der Waals surface area contributed by atoms with Crippen molar-refractivity contribution in [2.24, 2.45) is 5.92 Å². The molecule has 2 aromatic carbocycles. The molecule has 2 nitrogen and oxygen atoms in total. The van der Waals surface area contributed by atoms with E-state index in [9.17, 15) is 9.59 Å². The summed E-state index contributed by atoms with van der Waals surface area (Å²) in [6.07, 6.45) is 6.14. The Kier molecular flexibility index (Phi) is 7.26. The Bertz CT molecular complexity index is 783. The largest absolute Gasteiger partial charge is 0.299 e. The van der Waals surface area contributed by atoms with E-state index in [2.05, 4.69) is 15.9 Å². The molecule has 1 aliphatic rings. The van der Waals surface area contributed by atoms with Crippen LogP contribution in [0.5, 0.6) is 0 Å². The fraction of sp³-hybridized carbons (Fsp3) is 0.391. The van der Waals surface area contributed by atoms with E-state index in [1.54, 1.807) is 0 Å². The van der Waals surface area contributed by atoms with Crippen LogP contribution in [0.15, 0.2) is 53.0 Å². The van der Waals surface area contributed by atoms with E-state index < -0.39 is 0 Å². The van der Waals surface area contributed by atoms with E-state index in [-0.39, 0.29) is 17.6 Å². The maximum absolute atomic E-state index is 13.0. The molecule has 4 heteroatoms. The zero-order valence-electron chi connectivity index (χ0n) is 15.3. The minimum atomic E-state index is -0.0935. The number of carbonyl (C=O) groups excluding carboxylic acids is 2. The van der Waals surface area contributed by atoms with Crippen LogP contribution in [0.1, 0.15) is 66.8 Å². The summed E-state index contributed by atoms with van der Waals surface area (Å²) in [7, 11) is 0. The van der Waals surface area contributed by atoms with Crippen molar-refractivity contribution in [2.45, 2.75) is 50.9 Å². The topological polar surface area (TPSA) is 34.1 Å². The molecule has 0 N–H and O–H groups in total. The molecule has 27 heavy (non-hydrogen) atoms. The second-order valence-electron chi connectivity index (χ2n) is 7.32. The molecule has 142 valence electrons. The van der Waals surface area contributed by atoms with Crippen molar-refractivity contribution in [1.29, 1.82) is 0 Å². The lowest BCUT2D eigenvalue weighted by atomic mass is 9.75. The lowest BCUT2D eigenvalue weighted by Crippen LogP contribution is -2.26. The number of carbonyl (C=O) groups is 2. The highest BCUT2D eigenvalue weighted by Gasteiger charge is 2.31. The summed E-state index contributed by atoms with van der Waals surface area (Å²) in [4.78, 5) is 25.8. The van der Waals surface area contributed by atoms with Crippen molar-refractivity contribution in [1.82, 2.24) is 0 Å². The van der Waals surface area contributed by atoms with E-state index in [1.165, 1.54) is 0 Å². The molecule has 0 heterocycles. The van der Waals surface area contributed by atoms with Gasteiger partial charge in [0.05, 0.1) is 0 Å². The van der Waals surface area contributed by atoms with E-state index in [0.717, 1.165) is 42.1 Å². The van der Waals surface area contributed by atoms with Gasteiger partial charge < -0.3 is 0 Å². The second kappa shape index (κ2) is 9.66. The Balaban J connectivity index is 1.88. The highest BCUT2D eigenvalue weighted by atomic mass is 79.9. The van der Waals surface area contributed by atoms with Gasteiger partial charge in [-0.05, 0) is 42.7 Å². The highest BCUT2D eigenvalue weighted by molar-refractivity contribution is 9.10. The van der Waals surface area contributed by atoms with Gasteiger partial charge in [-0.25, -0.2) is 0 Å². The number of halogens is 2. The molecule has 2 atom stereocenters. The number of benzene rings is 2. The maximum atomic E-state index is 13.0. The summed E-state index contributed by atoms with van der Waals surface area (Å²) in [6, 6.07) is 15.1. The summed E-state index contributed by atoms with van der Waals surface area (Å²) in [6.45, 7) is 0. The minimum Gasteiger partial charge on any atom is -0.299 e. The molecule has 3 rings (SSSR count). The van der Waals surface area contributed by atoms with Gasteiger partial charge in [-0.3, -0.25) is 9.59 Å². The summed E-state index contributed by atoms with van der Waals surface area (Å²) in [5.41, 5.74) is 1.72. The zero-order valence-corrected chi connectivity index (χ0v) is 17.6. The van der Waals surface area contributed by atoms with Crippen LogP contribution in [0.4, 0.5) is 0 Å². The molecular weight excluding hydrogens is 424 g/mol. The molecule has 2 aromatic rings. The first-order valence-corrected chi connectivity index (χ1v) is 10.8. The van der Waals surface area contributed by atoms with Crippen molar-refractivity contribution in [2.75, 3.05) is 0 Å². The van der Waals surface area contributed by atoms with Gasteiger partial charge in [0, 0.05) is 39.7 Å². The van der Waals surface area contributed by atoms with Gasteiger partial charge in [0.15, 0.2) is 5.78 Å². The Labute approximate surface area is 174 Å². The lowest BCUT2D eigenvalue weighted by molar-refractivity contribution is -0.124. The van der Waals surface area contributed by atoms with Crippen LogP contribution in [0.3, 0.4) is 0 Å². The summed E-state index contributed by atoms with van der Waals surface area (Å²) in [5.74, 6) is 0.199. The number of hydrogen-bond acceptors (Lipinski definition) is 2. The van der Waals surface area contributed by atoms with Gasteiger partial charge >= 0.3 is 0 Å². The van der Waals surface area contributed by atoms with Crippen LogP contribution < -0.4 is 0 Å². The van der Waals surface area contributed by atoms with Crippen molar-refractivity contribution in [3.63, 3.8) is 0 Å². The quantitative estimate of drug-likeness (QED) is 0.462. The Morgan fingerprint density at radius 1 is 1.00 bits per heavy atom. The molecule has 0 amide bonds. The minimum absolute atomic E-state index is 0.0808. The third kappa shape index (κ3) is 5.52. The summed E-state index contributed by atoms with van der Waals surface area (Å²) < 4.78 is 0.948. The van der Waals surface area contributed by atoms with Gasteiger partial charge in [0.2, 0.25) is 0 Å². The van der Waals surface area contributed by atoms with E-state index >= 15 is 0 Å². The zero-order chi connectivity index (χ0) is 19.2. The first-order valence-electron chi connectivity index (χ1n) is 9.61. The lowest BCUT2D eigenvalue weighted by Gasteiger charge is -2.28. The predicted octanol–water partition coefficient (Wildman–Crippen LogP) is 7.00. The average molecular weight is 448 g/mol. The molecule has 1 saturated carbocycles. The summed E-state index contributed by atoms with van der Waals surface area (Å²) >= 11 is 9.46. The standard InChI is InChI=1S/C23H24BrClO2/c24-18-11-7-17(8-12-18)23(27)15-21(16-9-13-19(25)14-10-16)20-5-3-1-2-4-6-22(20)26/h7-14,20-21H,1-6,15H2/t20-,21+/m1/s1. The molecule has 0 aliphatic heterocycles. The Hall–Kier alpha value is -1.45. The van der Waals surface area contributed by atoms with Gasteiger partial charge in [-0.2, -0.15) is 0 Å². The summed E-state index contributed by atoms with van der Waals surface area (Å²) in [5, 5.41) is 0.667. The molecule has 0 bridgehead atoms. The number of Topliss-reactive ketones (excluding diaryl/α,β-unsaturated/α-hetero) is 2. The van der Waals surface area contributed by atoms with E-state index in [1.807, 2.05) is 48.5 Å². The van der Waals surface area contributed by atoms with Gasteiger partial charge in [-0.15, -0.1) is 0 Å². The van der Waals surface area contributed by atoms with Crippen molar-refractivity contribution in [3.8, 4) is 0 Å². The second-order valence-corrected chi connectivity index (χ2v) is 8.67. The number of rotatable bonds is 5. The first kappa shape index (κ1) is 20.3. The third-order valence-corrected chi connectivity index (χ3v) is 6.24. The molecule has 1 fully saturated rings. The van der Waals surface area contributed by atoms with Crippen LogP contribution in [0.2, 0.25) is 5.02 Å². The maximum Gasteiger partial charge on any atom is 0.163 e. The highest BCUT2D eigenvalue weighted by Crippen LogP contribution is 2.36. The van der Waals surface area contributed by atoms with Crippen LogP contribution in [-0.4, -0.2) is 11.6 Å². The first-order chi connectivity index (χ1) is 13.0. The molecule has 0 saturated heterocycles. The normalized spacial score (nSPS) is 19.2. The van der Waals surface area contributed by atoms with Crippen molar-refractivity contribution < 1.29 is 9.59 Å². The van der Waals surface area contributed by atoms with Crippen LogP contribution in [-0.2, 0) is 4.79 Å². The van der Waals surface area contributed by atoms with E-state index in [4.69, 9.17) is 11.6 Å². The smallest absolute Gasteiger partial charge is 0.163 e. The van der Waals surface area contributed by atoms with Crippen molar-refractivity contribution in [3.05, 3.63) is 69.2 Å². The fourth-order valence-corrected chi connectivity index (χ4v) is 4.34. The fourth-order valence-electron chi connectivity index (χ4n) is 3.94. The Morgan fingerprint density at radius 2 is 1.67 bits per heavy atom. The molecule has 0 radical (unpaired) electrons. The van der Waals surface area contributed by atoms with Crippen LogP contribution in [0.25, 0.3) is 0 Å². The average Bonchev–Trinajstić information content (AvgIpc) is 2.65.